The normalized spacial score (nSPS) is 15.0. The van der Waals surface area contributed by atoms with Crippen molar-refractivity contribution in [1.82, 2.24) is 24.7 Å². The molecule has 0 saturated carbocycles. The number of benzene rings is 1. The smallest absolute Gasteiger partial charge is 0.410 e. The number of rotatable bonds is 11. The lowest BCUT2D eigenvalue weighted by Crippen LogP contribution is -2.50. The van der Waals surface area contributed by atoms with Gasteiger partial charge in [-0.25, -0.2) is 9.78 Å². The summed E-state index contributed by atoms with van der Waals surface area (Å²) in [5, 5.41) is 3.77. The first-order valence-electron chi connectivity index (χ1n) is 16.2. The Bertz CT molecular complexity index is 1310. The summed E-state index contributed by atoms with van der Waals surface area (Å²) in [6.07, 6.45) is 9.01. The molecule has 3 rings (SSSR count). The van der Waals surface area contributed by atoms with Crippen LogP contribution in [0, 0.1) is 0 Å². The summed E-state index contributed by atoms with van der Waals surface area (Å²) in [4.78, 5) is 34.2. The summed E-state index contributed by atoms with van der Waals surface area (Å²) < 4.78 is 13.1. The van der Waals surface area contributed by atoms with Gasteiger partial charge in [-0.15, -0.1) is 6.58 Å². The van der Waals surface area contributed by atoms with E-state index in [-0.39, 0.29) is 30.8 Å². The number of nitrogens with one attached hydrogen (secondary N) is 1. The molecule has 1 aliphatic rings. The fourth-order valence-corrected chi connectivity index (χ4v) is 5.29. The number of aromatic nitrogens is 2. The first kappa shape index (κ1) is 41.4. The third kappa shape index (κ3) is 13.2. The molecular weight excluding hydrogens is 616 g/mol. The highest BCUT2D eigenvalue weighted by Crippen LogP contribution is 2.39. The molecule has 0 radical (unpaired) electrons. The summed E-state index contributed by atoms with van der Waals surface area (Å²) in [6, 6.07) is 5.41. The Balaban J connectivity index is 0.00000208. The number of halogens is 1. The number of hydrogen-bond donors (Lipinski definition) is 2. The van der Waals surface area contributed by atoms with Gasteiger partial charge in [-0.2, -0.15) is 0 Å². The van der Waals surface area contributed by atoms with Crippen LogP contribution >= 0.6 is 11.6 Å². The van der Waals surface area contributed by atoms with E-state index in [1.54, 1.807) is 17.4 Å². The highest BCUT2D eigenvalue weighted by molar-refractivity contribution is 6.30. The summed E-state index contributed by atoms with van der Waals surface area (Å²) >= 11 is 6.60. The summed E-state index contributed by atoms with van der Waals surface area (Å²) in [5.41, 5.74) is 7.80. The lowest BCUT2D eigenvalue weighted by molar-refractivity contribution is -0.127. The number of allylic oxidation sites excluding steroid dienone is 1. The van der Waals surface area contributed by atoms with Crippen LogP contribution in [0.15, 0.2) is 62.2 Å². The molecule has 1 aliphatic heterocycles. The van der Waals surface area contributed by atoms with E-state index in [0.29, 0.717) is 37.6 Å². The van der Waals surface area contributed by atoms with Crippen molar-refractivity contribution in [1.29, 1.82) is 0 Å². The minimum Gasteiger partial charge on any atom is -0.444 e. The predicted octanol–water partition coefficient (Wildman–Crippen LogP) is 7.04. The van der Waals surface area contributed by atoms with Gasteiger partial charge >= 0.3 is 6.09 Å². The molecule has 47 heavy (non-hydrogen) atoms. The van der Waals surface area contributed by atoms with Crippen LogP contribution in [-0.4, -0.2) is 75.8 Å². The number of piperazine rings is 1. The summed E-state index contributed by atoms with van der Waals surface area (Å²) in [5.74, 6) is -0.223. The van der Waals surface area contributed by atoms with Gasteiger partial charge in [0.05, 0.1) is 30.4 Å². The van der Waals surface area contributed by atoms with Crippen molar-refractivity contribution in [2.45, 2.75) is 85.6 Å². The van der Waals surface area contributed by atoms with Crippen LogP contribution in [0.25, 0.3) is 5.57 Å². The molecule has 0 aliphatic carbocycles. The molecule has 2 amide bonds. The van der Waals surface area contributed by atoms with E-state index in [4.69, 9.17) is 21.1 Å². The van der Waals surface area contributed by atoms with Gasteiger partial charge in [0, 0.05) is 44.3 Å². The third-order valence-corrected chi connectivity index (χ3v) is 7.34. The molecule has 2 atom stereocenters. The number of ether oxygens (including phenoxy) is 2. The fourth-order valence-electron chi connectivity index (χ4n) is 5.12. The van der Waals surface area contributed by atoms with E-state index in [0.717, 1.165) is 22.4 Å². The van der Waals surface area contributed by atoms with Crippen LogP contribution in [-0.2, 0) is 21.3 Å². The van der Waals surface area contributed by atoms with Crippen LogP contribution in [0.1, 0.15) is 90.7 Å². The second kappa shape index (κ2) is 20.6. The number of carbonyl (C=O) groups excluding carboxylic acids is 2. The number of hydrogen-bond acceptors (Lipinski definition) is 7. The van der Waals surface area contributed by atoms with Crippen LogP contribution in [0.3, 0.4) is 0 Å². The highest BCUT2D eigenvalue weighted by atomic mass is 35.5. The number of imidazole rings is 1. The van der Waals surface area contributed by atoms with Gasteiger partial charge in [-0.3, -0.25) is 9.69 Å². The number of amides is 2. The topological polar surface area (TPSA) is 115 Å². The van der Waals surface area contributed by atoms with Gasteiger partial charge in [0.2, 0.25) is 5.91 Å². The molecule has 262 valence electrons. The van der Waals surface area contributed by atoms with E-state index >= 15 is 0 Å². The molecule has 1 aromatic carbocycles. The van der Waals surface area contributed by atoms with Gasteiger partial charge in [-0.1, -0.05) is 50.2 Å². The van der Waals surface area contributed by atoms with Crippen molar-refractivity contribution < 1.29 is 19.1 Å². The summed E-state index contributed by atoms with van der Waals surface area (Å²) in [7, 11) is 1.91. The Morgan fingerprint density at radius 1 is 1.15 bits per heavy atom. The third-order valence-electron chi connectivity index (χ3n) is 7.11. The Kier molecular flexibility index (Phi) is 18.2. The van der Waals surface area contributed by atoms with Crippen molar-refractivity contribution in [2.75, 3.05) is 32.8 Å². The van der Waals surface area contributed by atoms with E-state index in [1.165, 1.54) is 6.20 Å². The summed E-state index contributed by atoms with van der Waals surface area (Å²) in [6.45, 7) is 25.0. The SMILES string of the molecule is C=CC[C@H](c1ccc(Cl)cc1/C(=C\C)[C@@H](NC(=O)COC(C)C)c1cncn1C)N1CCN(C(=O)OC(C)(C)C)CC1.C=CN.CC. The lowest BCUT2D eigenvalue weighted by atomic mass is 9.87. The molecule has 1 saturated heterocycles. The number of aryl methyl sites for hydroxylation is 1. The van der Waals surface area contributed by atoms with Crippen LogP contribution in [0.4, 0.5) is 4.79 Å². The van der Waals surface area contributed by atoms with Crippen molar-refractivity contribution in [3.8, 4) is 0 Å². The minimum atomic E-state index is -0.540. The minimum absolute atomic E-state index is 0.0160. The van der Waals surface area contributed by atoms with Gasteiger partial charge in [0.15, 0.2) is 0 Å². The van der Waals surface area contributed by atoms with Gasteiger partial charge in [0.1, 0.15) is 12.2 Å². The van der Waals surface area contributed by atoms with Crippen LogP contribution < -0.4 is 11.1 Å². The second-order valence-corrected chi connectivity index (χ2v) is 12.5. The molecule has 2 aromatic rings. The second-order valence-electron chi connectivity index (χ2n) is 12.0. The Morgan fingerprint density at radius 2 is 1.77 bits per heavy atom. The molecule has 0 unspecified atom stereocenters. The highest BCUT2D eigenvalue weighted by Gasteiger charge is 2.32. The number of nitrogens with two attached hydrogens (primary N) is 1. The maximum Gasteiger partial charge on any atom is 0.410 e. The van der Waals surface area contributed by atoms with Crippen molar-refractivity contribution in [3.05, 3.63) is 84.1 Å². The predicted molar refractivity (Wildman–Crippen MR) is 193 cm³/mol. The largest absolute Gasteiger partial charge is 0.444 e. The van der Waals surface area contributed by atoms with Crippen molar-refractivity contribution >= 4 is 29.2 Å². The monoisotopic (exact) mass is 672 g/mol. The molecule has 11 heteroatoms. The molecule has 10 nitrogen and oxygen atoms in total. The molecule has 1 fully saturated rings. The lowest BCUT2D eigenvalue weighted by Gasteiger charge is -2.40. The fraction of sp³-hybridized carbons (Fsp3) is 0.528. The van der Waals surface area contributed by atoms with E-state index in [1.807, 2.05) is 91.3 Å². The maximum atomic E-state index is 13.0. The standard InChI is InChI=1S/C32H46ClN5O4.C2H5N.C2H6/c1-9-11-27(37-14-16-38(17-15-37)31(40)42-32(5,6)7)25-13-12-23(33)18-26(25)24(10-2)30(28-19-34-21-36(28)8)35-29(39)20-41-22(3)4;1-2-3;1-2/h9-10,12-13,18-19,21-22,27,30H,1,11,14-17,20H2,2-8H3,(H,35,39);2H,1,3H2;1-2H3/b24-10+;;/t27-,30-;;/m1../s1. The van der Waals surface area contributed by atoms with E-state index in [2.05, 4.69) is 40.2 Å². The molecule has 1 aromatic heterocycles. The average Bonchev–Trinajstić information content (AvgIpc) is 3.45. The zero-order chi connectivity index (χ0) is 35.7. The van der Waals surface area contributed by atoms with Gasteiger partial charge in [-0.05, 0) is 83.0 Å². The molecular formula is C36H57ClN6O4. The Labute approximate surface area is 287 Å². The van der Waals surface area contributed by atoms with Crippen LogP contribution in [0.2, 0.25) is 5.02 Å². The molecule has 2 heterocycles. The van der Waals surface area contributed by atoms with Crippen molar-refractivity contribution in [3.63, 3.8) is 0 Å². The van der Waals surface area contributed by atoms with Crippen molar-refractivity contribution in [2.24, 2.45) is 12.8 Å². The Hall–Kier alpha value is -3.60. The average molecular weight is 673 g/mol. The quantitative estimate of drug-likeness (QED) is 0.246. The van der Waals surface area contributed by atoms with Gasteiger partial charge < -0.3 is 30.0 Å². The zero-order valence-corrected chi connectivity index (χ0v) is 30.6. The Morgan fingerprint density at radius 3 is 2.26 bits per heavy atom. The molecule has 3 N–H and O–H groups in total. The van der Waals surface area contributed by atoms with Gasteiger partial charge in [0.25, 0.3) is 0 Å². The van der Waals surface area contributed by atoms with Crippen LogP contribution in [0.5, 0.6) is 0 Å². The molecule has 0 spiro atoms. The first-order valence-corrected chi connectivity index (χ1v) is 16.6. The van der Waals surface area contributed by atoms with E-state index in [9.17, 15) is 9.59 Å². The van der Waals surface area contributed by atoms with E-state index < -0.39 is 11.6 Å². The first-order chi connectivity index (χ1) is 22.3. The number of nitrogens with zero attached hydrogens (tertiary/aromatic N) is 4. The zero-order valence-electron chi connectivity index (χ0n) is 29.9. The number of carbonyl (C=O) groups is 2. The maximum absolute atomic E-state index is 13.0. The molecule has 0 bridgehead atoms.